The van der Waals surface area contributed by atoms with E-state index in [1.165, 1.54) is 12.1 Å². The summed E-state index contributed by atoms with van der Waals surface area (Å²) in [6, 6.07) is 4.28. The Hall–Kier alpha value is -2.38. The number of hydrogen-bond donors (Lipinski definition) is 0. The Morgan fingerprint density at radius 1 is 1.29 bits per heavy atom. The smallest absolute Gasteiger partial charge is 0.339 e. The SMILES string of the molecule is Cc1noc([C@@H]2CCCN(C(=O)c3ccc(C(F)(F)F)cc3)C2)n1. The largest absolute Gasteiger partial charge is 0.416 e. The second-order valence-corrected chi connectivity index (χ2v) is 5.85. The number of rotatable bonds is 2. The Balaban J connectivity index is 1.72. The van der Waals surface area contributed by atoms with Crippen molar-refractivity contribution in [2.45, 2.75) is 31.9 Å². The number of piperidine rings is 1. The maximum Gasteiger partial charge on any atom is 0.416 e. The van der Waals surface area contributed by atoms with Gasteiger partial charge in [-0.25, -0.2) is 0 Å². The fourth-order valence-corrected chi connectivity index (χ4v) is 2.83. The Bertz CT molecular complexity index is 725. The molecule has 0 saturated carbocycles. The summed E-state index contributed by atoms with van der Waals surface area (Å²) in [6.45, 7) is 2.70. The van der Waals surface area contributed by atoms with Gasteiger partial charge < -0.3 is 9.42 Å². The highest BCUT2D eigenvalue weighted by atomic mass is 19.4. The van der Waals surface area contributed by atoms with Gasteiger partial charge in [0.1, 0.15) is 0 Å². The van der Waals surface area contributed by atoms with Crippen molar-refractivity contribution < 1.29 is 22.5 Å². The van der Waals surface area contributed by atoms with Crippen LogP contribution in [0.25, 0.3) is 0 Å². The molecule has 0 unspecified atom stereocenters. The molecule has 0 aliphatic carbocycles. The summed E-state index contributed by atoms with van der Waals surface area (Å²) < 4.78 is 43.0. The van der Waals surface area contributed by atoms with Crippen LogP contribution in [0.4, 0.5) is 13.2 Å². The van der Waals surface area contributed by atoms with Gasteiger partial charge in [0.05, 0.1) is 11.5 Å². The van der Waals surface area contributed by atoms with Crippen molar-refractivity contribution in [3.63, 3.8) is 0 Å². The molecule has 1 aliphatic rings. The van der Waals surface area contributed by atoms with E-state index in [-0.39, 0.29) is 17.4 Å². The number of carbonyl (C=O) groups excluding carboxylic acids is 1. The summed E-state index contributed by atoms with van der Waals surface area (Å²) in [5.41, 5.74) is -0.526. The van der Waals surface area contributed by atoms with Crippen LogP contribution in [-0.4, -0.2) is 34.0 Å². The molecule has 0 N–H and O–H groups in total. The third-order valence-corrected chi connectivity index (χ3v) is 4.06. The number of amides is 1. The molecule has 0 radical (unpaired) electrons. The Labute approximate surface area is 136 Å². The first-order valence-electron chi connectivity index (χ1n) is 7.61. The maximum atomic E-state index is 12.6. The molecule has 2 aromatic rings. The molecule has 1 saturated heterocycles. The first-order valence-corrected chi connectivity index (χ1v) is 7.61. The third kappa shape index (κ3) is 3.42. The van der Waals surface area contributed by atoms with Crippen LogP contribution >= 0.6 is 0 Å². The molecule has 2 heterocycles. The first-order chi connectivity index (χ1) is 11.3. The molecule has 24 heavy (non-hydrogen) atoms. The number of halogens is 3. The van der Waals surface area contributed by atoms with Crippen molar-refractivity contribution in [3.05, 3.63) is 47.1 Å². The predicted molar refractivity (Wildman–Crippen MR) is 78.4 cm³/mol. The van der Waals surface area contributed by atoms with E-state index in [1.807, 2.05) is 0 Å². The third-order valence-electron chi connectivity index (χ3n) is 4.06. The topological polar surface area (TPSA) is 59.2 Å². The standard InChI is InChI=1S/C16H16F3N3O2/c1-10-20-14(24-21-10)12-3-2-8-22(9-12)15(23)11-4-6-13(7-5-11)16(17,18)19/h4-7,12H,2-3,8-9H2,1H3/t12-/m1/s1. The van der Waals surface area contributed by atoms with E-state index in [0.29, 0.717) is 24.8 Å². The lowest BCUT2D eigenvalue weighted by atomic mass is 9.97. The van der Waals surface area contributed by atoms with Crippen LogP contribution in [0.5, 0.6) is 0 Å². The number of likely N-dealkylation sites (tertiary alicyclic amines) is 1. The van der Waals surface area contributed by atoms with Gasteiger partial charge in [-0.1, -0.05) is 5.16 Å². The van der Waals surface area contributed by atoms with E-state index < -0.39 is 11.7 Å². The summed E-state index contributed by atoms with van der Waals surface area (Å²) in [5.74, 6) is 0.705. The van der Waals surface area contributed by atoms with E-state index in [1.54, 1.807) is 11.8 Å². The van der Waals surface area contributed by atoms with Gasteiger partial charge in [0.25, 0.3) is 5.91 Å². The summed E-state index contributed by atoms with van der Waals surface area (Å²) >= 11 is 0. The normalized spacial score (nSPS) is 18.7. The van der Waals surface area contributed by atoms with E-state index in [9.17, 15) is 18.0 Å². The molecule has 1 atom stereocenters. The zero-order chi connectivity index (χ0) is 17.3. The molecule has 128 valence electrons. The lowest BCUT2D eigenvalue weighted by Crippen LogP contribution is -2.39. The van der Waals surface area contributed by atoms with Crippen LogP contribution in [-0.2, 0) is 6.18 Å². The van der Waals surface area contributed by atoms with Crippen LogP contribution in [0.2, 0.25) is 0 Å². The number of aryl methyl sites for hydroxylation is 1. The van der Waals surface area contributed by atoms with Crippen molar-refractivity contribution in [3.8, 4) is 0 Å². The van der Waals surface area contributed by atoms with Crippen molar-refractivity contribution >= 4 is 5.91 Å². The fraction of sp³-hybridized carbons (Fsp3) is 0.438. The highest BCUT2D eigenvalue weighted by Gasteiger charge is 2.31. The van der Waals surface area contributed by atoms with E-state index in [4.69, 9.17) is 4.52 Å². The highest BCUT2D eigenvalue weighted by molar-refractivity contribution is 5.94. The molecular formula is C16H16F3N3O2. The van der Waals surface area contributed by atoms with Crippen LogP contribution in [0.15, 0.2) is 28.8 Å². The molecular weight excluding hydrogens is 323 g/mol. The number of aromatic nitrogens is 2. The van der Waals surface area contributed by atoms with Crippen LogP contribution < -0.4 is 0 Å². The minimum Gasteiger partial charge on any atom is -0.339 e. The molecule has 1 aromatic heterocycles. The van der Waals surface area contributed by atoms with Gasteiger partial charge in [0, 0.05) is 18.7 Å². The van der Waals surface area contributed by atoms with E-state index in [2.05, 4.69) is 10.1 Å². The summed E-state index contributed by atoms with van der Waals surface area (Å²) in [4.78, 5) is 18.3. The molecule has 0 spiro atoms. The number of benzene rings is 1. The second kappa shape index (κ2) is 6.26. The van der Waals surface area contributed by atoms with Crippen molar-refractivity contribution in [2.75, 3.05) is 13.1 Å². The molecule has 8 heteroatoms. The quantitative estimate of drug-likeness (QED) is 0.841. The van der Waals surface area contributed by atoms with Crippen LogP contribution in [0, 0.1) is 6.92 Å². The minimum absolute atomic E-state index is 0.0432. The lowest BCUT2D eigenvalue weighted by Gasteiger charge is -2.31. The average molecular weight is 339 g/mol. The Morgan fingerprint density at radius 2 is 2.00 bits per heavy atom. The van der Waals surface area contributed by atoms with Crippen molar-refractivity contribution in [2.24, 2.45) is 0 Å². The number of carbonyl (C=O) groups is 1. The van der Waals surface area contributed by atoms with Crippen molar-refractivity contribution in [1.29, 1.82) is 0 Å². The molecule has 1 aromatic carbocycles. The van der Waals surface area contributed by atoms with Crippen LogP contribution in [0.3, 0.4) is 0 Å². The monoisotopic (exact) mass is 339 g/mol. The summed E-state index contributed by atoms with van der Waals surface area (Å²) in [5, 5.41) is 3.76. The van der Waals surface area contributed by atoms with Gasteiger partial charge in [-0.15, -0.1) is 0 Å². The fourth-order valence-electron chi connectivity index (χ4n) is 2.83. The highest BCUT2D eigenvalue weighted by Crippen LogP contribution is 2.30. The van der Waals surface area contributed by atoms with E-state index in [0.717, 1.165) is 25.0 Å². The van der Waals surface area contributed by atoms with Gasteiger partial charge in [-0.05, 0) is 44.0 Å². The second-order valence-electron chi connectivity index (χ2n) is 5.85. The molecule has 1 aliphatic heterocycles. The van der Waals surface area contributed by atoms with Gasteiger partial charge >= 0.3 is 6.18 Å². The zero-order valence-corrected chi connectivity index (χ0v) is 13.0. The van der Waals surface area contributed by atoms with Crippen LogP contribution in [0.1, 0.15) is 46.4 Å². The molecule has 1 amide bonds. The molecule has 1 fully saturated rings. The summed E-state index contributed by atoms with van der Waals surface area (Å²) in [6.07, 6.45) is -2.80. The van der Waals surface area contributed by atoms with Gasteiger partial charge in [-0.2, -0.15) is 18.2 Å². The average Bonchev–Trinajstić information content (AvgIpc) is 3.00. The number of hydrogen-bond acceptors (Lipinski definition) is 4. The maximum absolute atomic E-state index is 12.6. The summed E-state index contributed by atoms with van der Waals surface area (Å²) in [7, 11) is 0. The Kier molecular flexibility index (Phi) is 4.29. The lowest BCUT2D eigenvalue weighted by molar-refractivity contribution is -0.137. The number of alkyl halides is 3. The van der Waals surface area contributed by atoms with Gasteiger partial charge in [0.15, 0.2) is 5.82 Å². The Morgan fingerprint density at radius 3 is 2.58 bits per heavy atom. The predicted octanol–water partition coefficient (Wildman–Crippen LogP) is 3.42. The van der Waals surface area contributed by atoms with E-state index >= 15 is 0 Å². The van der Waals surface area contributed by atoms with Gasteiger partial charge in [-0.3, -0.25) is 4.79 Å². The van der Waals surface area contributed by atoms with Crippen molar-refractivity contribution in [1.82, 2.24) is 15.0 Å². The molecule has 0 bridgehead atoms. The van der Waals surface area contributed by atoms with Gasteiger partial charge in [0.2, 0.25) is 5.89 Å². The molecule has 5 nitrogen and oxygen atoms in total. The first kappa shape index (κ1) is 16.5. The zero-order valence-electron chi connectivity index (χ0n) is 13.0. The minimum atomic E-state index is -4.41. The molecule has 3 rings (SSSR count). The number of nitrogens with zero attached hydrogens (tertiary/aromatic N) is 3.